The second-order valence-corrected chi connectivity index (χ2v) is 8.95. The predicted octanol–water partition coefficient (Wildman–Crippen LogP) is 6.46. The number of benzene rings is 4. The van der Waals surface area contributed by atoms with E-state index in [0.717, 1.165) is 16.9 Å². The van der Waals surface area contributed by atoms with E-state index in [1.807, 2.05) is 12.1 Å². The van der Waals surface area contributed by atoms with Crippen molar-refractivity contribution < 1.29 is 9.84 Å². The Morgan fingerprint density at radius 3 is 2.32 bits per heavy atom. The Morgan fingerprint density at radius 2 is 1.55 bits per heavy atom. The normalized spacial score (nSPS) is 15.6. The molecule has 0 spiro atoms. The fourth-order valence-electron chi connectivity index (χ4n) is 5.46. The summed E-state index contributed by atoms with van der Waals surface area (Å²) in [6.45, 7) is 5.27. The molecule has 0 aromatic heterocycles. The quantitative estimate of drug-likeness (QED) is 0.415. The minimum Gasteiger partial charge on any atom is -0.488 e. The lowest BCUT2D eigenvalue weighted by molar-refractivity contribution is 0.282. The Bertz CT molecular complexity index is 1370. The van der Waals surface area contributed by atoms with Crippen LogP contribution in [0.1, 0.15) is 41.7 Å². The summed E-state index contributed by atoms with van der Waals surface area (Å²) in [6.07, 6.45) is 2.20. The van der Waals surface area contributed by atoms with E-state index < -0.39 is 0 Å². The van der Waals surface area contributed by atoms with Crippen LogP contribution >= 0.6 is 0 Å². The highest BCUT2D eigenvalue weighted by Crippen LogP contribution is 2.57. The van der Waals surface area contributed by atoms with Crippen LogP contribution in [0.5, 0.6) is 5.75 Å². The van der Waals surface area contributed by atoms with Gasteiger partial charge < -0.3 is 9.84 Å². The van der Waals surface area contributed by atoms with Gasteiger partial charge in [-0.3, -0.25) is 0 Å². The molecule has 152 valence electrons. The van der Waals surface area contributed by atoms with Crippen LogP contribution in [0, 0.1) is 0 Å². The van der Waals surface area contributed by atoms with Crippen LogP contribution in [-0.2, 0) is 12.0 Å². The number of hydrogen-bond acceptors (Lipinski definition) is 2. The fourth-order valence-corrected chi connectivity index (χ4v) is 5.46. The summed E-state index contributed by atoms with van der Waals surface area (Å²) >= 11 is 0. The Morgan fingerprint density at radius 1 is 0.839 bits per heavy atom. The molecule has 6 rings (SSSR count). The maximum absolute atomic E-state index is 9.48. The van der Waals surface area contributed by atoms with Gasteiger partial charge in [0.05, 0.1) is 6.61 Å². The molecule has 1 aliphatic heterocycles. The minimum atomic E-state index is -0.134. The van der Waals surface area contributed by atoms with Crippen molar-refractivity contribution in [2.45, 2.75) is 25.9 Å². The van der Waals surface area contributed by atoms with Gasteiger partial charge in [-0.05, 0) is 50.4 Å². The van der Waals surface area contributed by atoms with Crippen molar-refractivity contribution in [1.82, 2.24) is 0 Å². The van der Waals surface area contributed by atoms with E-state index in [2.05, 4.69) is 80.6 Å². The Kier molecular flexibility index (Phi) is 3.90. The molecule has 0 saturated heterocycles. The maximum atomic E-state index is 9.48. The Balaban J connectivity index is 1.74. The topological polar surface area (TPSA) is 29.5 Å². The summed E-state index contributed by atoms with van der Waals surface area (Å²) in [7, 11) is 0. The molecule has 31 heavy (non-hydrogen) atoms. The molecule has 0 saturated carbocycles. The molecule has 0 atom stereocenters. The van der Waals surface area contributed by atoms with Gasteiger partial charge in [0.25, 0.3) is 0 Å². The predicted molar refractivity (Wildman–Crippen MR) is 126 cm³/mol. The molecule has 1 N–H and O–H groups in total. The lowest BCUT2D eigenvalue weighted by Crippen LogP contribution is -2.19. The van der Waals surface area contributed by atoms with E-state index in [1.165, 1.54) is 44.2 Å². The van der Waals surface area contributed by atoms with E-state index in [9.17, 15) is 5.11 Å². The Hall–Kier alpha value is -3.36. The number of aliphatic hydroxyl groups is 1. The van der Waals surface area contributed by atoms with Crippen molar-refractivity contribution in [2.24, 2.45) is 0 Å². The molecule has 1 heterocycles. The van der Waals surface area contributed by atoms with Crippen LogP contribution < -0.4 is 4.74 Å². The minimum absolute atomic E-state index is 0.0569. The van der Waals surface area contributed by atoms with Crippen molar-refractivity contribution in [3.63, 3.8) is 0 Å². The van der Waals surface area contributed by atoms with E-state index in [1.54, 1.807) is 0 Å². The third-order valence-corrected chi connectivity index (χ3v) is 6.89. The molecule has 2 heteroatoms. The number of ether oxygens (including phenoxy) is 1. The first-order valence-corrected chi connectivity index (χ1v) is 10.8. The number of rotatable bonds is 2. The monoisotopic (exact) mass is 404 g/mol. The first-order valence-electron chi connectivity index (χ1n) is 10.8. The highest BCUT2D eigenvalue weighted by atomic mass is 16.5. The SMILES string of the molecule is CC1(C)c2ccccc2-c2c1c1c(c3ccccc23)OCC=C1c1ccc(CO)cc1. The molecular formula is C29H24O2. The van der Waals surface area contributed by atoms with Crippen LogP contribution in [0.4, 0.5) is 0 Å². The average molecular weight is 405 g/mol. The molecule has 0 unspecified atom stereocenters. The standard InChI is InChI=1S/C29H24O2/c1-29(2)24-10-6-5-9-23(24)25-21-7-3-4-8-22(21)28-26(27(25)29)20(15-16-31-28)19-13-11-18(17-30)12-14-19/h3-15,30H,16-17H2,1-2H3. The lowest BCUT2D eigenvalue weighted by atomic mass is 9.76. The van der Waals surface area contributed by atoms with Gasteiger partial charge in [0.2, 0.25) is 0 Å². The summed E-state index contributed by atoms with van der Waals surface area (Å²) in [5, 5.41) is 11.9. The van der Waals surface area contributed by atoms with Crippen molar-refractivity contribution in [3.05, 3.63) is 107 Å². The zero-order valence-electron chi connectivity index (χ0n) is 17.8. The largest absolute Gasteiger partial charge is 0.488 e. The van der Waals surface area contributed by atoms with E-state index >= 15 is 0 Å². The van der Waals surface area contributed by atoms with Crippen LogP contribution in [-0.4, -0.2) is 11.7 Å². The van der Waals surface area contributed by atoms with E-state index in [4.69, 9.17) is 4.74 Å². The van der Waals surface area contributed by atoms with Crippen LogP contribution in [0.3, 0.4) is 0 Å². The third-order valence-electron chi connectivity index (χ3n) is 6.89. The summed E-state index contributed by atoms with van der Waals surface area (Å²) in [4.78, 5) is 0. The van der Waals surface area contributed by atoms with Gasteiger partial charge in [-0.2, -0.15) is 0 Å². The van der Waals surface area contributed by atoms with Crippen molar-refractivity contribution in [2.75, 3.05) is 6.61 Å². The van der Waals surface area contributed by atoms with Gasteiger partial charge in [-0.25, -0.2) is 0 Å². The second-order valence-electron chi connectivity index (χ2n) is 8.95. The Labute approximate surface area is 182 Å². The first kappa shape index (κ1) is 18.4. The van der Waals surface area contributed by atoms with E-state index in [0.29, 0.717) is 6.61 Å². The van der Waals surface area contributed by atoms with E-state index in [-0.39, 0.29) is 12.0 Å². The van der Waals surface area contributed by atoms with Gasteiger partial charge in [0.15, 0.2) is 0 Å². The second kappa shape index (κ2) is 6.57. The smallest absolute Gasteiger partial charge is 0.135 e. The average Bonchev–Trinajstić information content (AvgIpc) is 3.06. The molecule has 4 aromatic carbocycles. The summed E-state index contributed by atoms with van der Waals surface area (Å²) < 4.78 is 6.33. The summed E-state index contributed by atoms with van der Waals surface area (Å²) in [6, 6.07) is 25.7. The molecule has 0 bridgehead atoms. The zero-order valence-corrected chi connectivity index (χ0v) is 17.8. The molecule has 4 aromatic rings. The molecule has 0 amide bonds. The van der Waals surface area contributed by atoms with Crippen molar-refractivity contribution in [3.8, 4) is 16.9 Å². The van der Waals surface area contributed by atoms with Crippen LogP contribution in [0.2, 0.25) is 0 Å². The highest BCUT2D eigenvalue weighted by Gasteiger charge is 2.41. The van der Waals surface area contributed by atoms with Gasteiger partial charge in [-0.15, -0.1) is 0 Å². The number of hydrogen-bond donors (Lipinski definition) is 1. The van der Waals surface area contributed by atoms with Gasteiger partial charge >= 0.3 is 0 Å². The maximum Gasteiger partial charge on any atom is 0.135 e. The summed E-state index contributed by atoms with van der Waals surface area (Å²) in [5.74, 6) is 0.985. The fraction of sp³-hybridized carbons (Fsp3) is 0.172. The van der Waals surface area contributed by atoms with Crippen molar-refractivity contribution in [1.29, 1.82) is 0 Å². The molecule has 0 fully saturated rings. The van der Waals surface area contributed by atoms with Crippen LogP contribution in [0.25, 0.3) is 27.5 Å². The summed E-state index contributed by atoms with van der Waals surface area (Å²) in [5.41, 5.74) is 9.74. The highest BCUT2D eigenvalue weighted by molar-refractivity contribution is 6.10. The van der Waals surface area contributed by atoms with Gasteiger partial charge in [0, 0.05) is 16.4 Å². The molecule has 0 radical (unpaired) electrons. The first-order chi connectivity index (χ1) is 15.1. The number of aliphatic hydroxyl groups excluding tert-OH is 1. The number of fused-ring (bicyclic) bond motifs is 8. The molecule has 2 aliphatic rings. The lowest BCUT2D eigenvalue weighted by Gasteiger charge is -2.30. The van der Waals surface area contributed by atoms with Gasteiger partial charge in [0.1, 0.15) is 12.4 Å². The molecule has 1 aliphatic carbocycles. The van der Waals surface area contributed by atoms with Crippen molar-refractivity contribution >= 4 is 16.3 Å². The van der Waals surface area contributed by atoms with Crippen LogP contribution in [0.15, 0.2) is 78.9 Å². The molecular weight excluding hydrogens is 380 g/mol. The zero-order chi connectivity index (χ0) is 21.2. The third kappa shape index (κ3) is 2.49. The molecule has 2 nitrogen and oxygen atoms in total. The van der Waals surface area contributed by atoms with Gasteiger partial charge in [-0.1, -0.05) is 86.6 Å².